The molecule has 0 aliphatic rings. The molecule has 7 heteroatoms. The first-order valence-corrected chi connectivity index (χ1v) is 5.46. The number of hydrogen-bond acceptors (Lipinski definition) is 3. The summed E-state index contributed by atoms with van der Waals surface area (Å²) in [6, 6.07) is 3.96. The lowest BCUT2D eigenvalue weighted by molar-refractivity contribution is -0.141. The van der Waals surface area contributed by atoms with Crippen LogP contribution in [-0.2, 0) is 22.1 Å². The maximum absolute atomic E-state index is 12.9. The summed E-state index contributed by atoms with van der Waals surface area (Å²) in [7, 11) is 1.09. The fourth-order valence-corrected chi connectivity index (χ4v) is 2.08. The maximum atomic E-state index is 12.9. The topological polar surface area (TPSA) is 50.1 Å². The van der Waals surface area contributed by atoms with Gasteiger partial charge in [0.25, 0.3) is 0 Å². The van der Waals surface area contributed by atoms with Crippen LogP contribution < -0.4 is 0 Å². The van der Waals surface area contributed by atoms with Crippen LogP contribution in [0.3, 0.4) is 0 Å². The molecule has 0 atom stereocenters. The zero-order valence-electron chi connectivity index (χ0n) is 9.14. The van der Waals surface area contributed by atoms with Crippen LogP contribution in [0.25, 0.3) is 0 Å². The molecule has 0 aliphatic carbocycles. The van der Waals surface area contributed by atoms with E-state index in [0.29, 0.717) is 0 Å². The Morgan fingerprint density at radius 2 is 2.11 bits per heavy atom. The van der Waals surface area contributed by atoms with Gasteiger partial charge in [-0.3, -0.25) is 4.79 Å². The molecule has 0 aliphatic heterocycles. The van der Waals surface area contributed by atoms with Crippen LogP contribution in [0, 0.1) is 11.3 Å². The van der Waals surface area contributed by atoms with Crippen molar-refractivity contribution in [3.8, 4) is 6.07 Å². The number of nitrogens with zero attached hydrogens (tertiary/aromatic N) is 1. The van der Waals surface area contributed by atoms with Gasteiger partial charge in [-0.1, -0.05) is 6.07 Å². The summed E-state index contributed by atoms with van der Waals surface area (Å²) in [6.45, 7) is 0. The van der Waals surface area contributed by atoms with E-state index in [4.69, 9.17) is 5.26 Å². The van der Waals surface area contributed by atoms with Gasteiger partial charge >= 0.3 is 12.1 Å². The van der Waals surface area contributed by atoms with Gasteiger partial charge in [0.15, 0.2) is 0 Å². The summed E-state index contributed by atoms with van der Waals surface area (Å²) < 4.78 is 42.6. The summed E-state index contributed by atoms with van der Waals surface area (Å²) in [4.78, 5) is 11.1. The molecule has 0 amide bonds. The number of nitriles is 1. The summed E-state index contributed by atoms with van der Waals surface area (Å²) in [6.07, 6.45) is -5.16. The van der Waals surface area contributed by atoms with Gasteiger partial charge in [0.1, 0.15) is 6.07 Å². The van der Waals surface area contributed by atoms with Crippen molar-refractivity contribution in [3.63, 3.8) is 0 Å². The van der Waals surface area contributed by atoms with Crippen molar-refractivity contribution < 1.29 is 22.7 Å². The number of benzene rings is 1. The average Bonchev–Trinajstić information content (AvgIpc) is 2.27. The highest BCUT2D eigenvalue weighted by Gasteiger charge is 2.37. The third kappa shape index (κ3) is 3.01. The fraction of sp³-hybridized carbons (Fsp3) is 0.273. The molecule has 0 saturated carbocycles. The van der Waals surface area contributed by atoms with Crippen LogP contribution in [0.1, 0.15) is 16.7 Å². The predicted octanol–water partition coefficient (Wildman–Crippen LogP) is 3.06. The van der Waals surface area contributed by atoms with E-state index >= 15 is 0 Å². The molecule has 0 unspecified atom stereocenters. The molecule has 18 heavy (non-hydrogen) atoms. The van der Waals surface area contributed by atoms with E-state index in [1.807, 2.05) is 0 Å². The van der Waals surface area contributed by atoms with Crippen LogP contribution in [0.4, 0.5) is 13.2 Å². The lowest BCUT2D eigenvalue weighted by Gasteiger charge is -2.15. The Labute approximate surface area is 109 Å². The molecular formula is C11H7BrF3NO2. The van der Waals surface area contributed by atoms with Crippen molar-refractivity contribution in [2.45, 2.75) is 12.6 Å². The second kappa shape index (κ2) is 5.40. The molecule has 96 valence electrons. The number of methoxy groups -OCH3 is 1. The molecule has 1 aromatic rings. The van der Waals surface area contributed by atoms with E-state index in [0.717, 1.165) is 13.2 Å². The van der Waals surface area contributed by atoms with Crippen molar-refractivity contribution >= 4 is 21.9 Å². The predicted molar refractivity (Wildman–Crippen MR) is 59.6 cm³/mol. The summed E-state index contributed by atoms with van der Waals surface area (Å²) >= 11 is 2.75. The van der Waals surface area contributed by atoms with Crippen LogP contribution >= 0.6 is 15.9 Å². The Bertz CT molecular complexity index is 520. The Morgan fingerprint density at radius 3 is 2.56 bits per heavy atom. The lowest BCUT2D eigenvalue weighted by atomic mass is 10.0. The second-order valence-corrected chi connectivity index (χ2v) is 4.12. The van der Waals surface area contributed by atoms with Gasteiger partial charge in [0.2, 0.25) is 0 Å². The molecule has 0 saturated heterocycles. The number of ether oxygens (including phenoxy) is 1. The van der Waals surface area contributed by atoms with Gasteiger partial charge in [-0.2, -0.15) is 18.4 Å². The average molecular weight is 322 g/mol. The zero-order valence-corrected chi connectivity index (χ0v) is 10.7. The van der Waals surface area contributed by atoms with Crippen LogP contribution in [0.15, 0.2) is 16.6 Å². The number of carbonyl (C=O) groups is 1. The van der Waals surface area contributed by atoms with Gasteiger partial charge < -0.3 is 4.74 Å². The van der Waals surface area contributed by atoms with Crippen LogP contribution in [-0.4, -0.2) is 13.1 Å². The molecule has 1 aromatic carbocycles. The Hall–Kier alpha value is -1.55. The Balaban J connectivity index is 3.40. The molecule has 0 fully saturated rings. The third-order valence-electron chi connectivity index (χ3n) is 2.19. The van der Waals surface area contributed by atoms with Gasteiger partial charge in [0.05, 0.1) is 24.7 Å². The minimum Gasteiger partial charge on any atom is -0.469 e. The van der Waals surface area contributed by atoms with Gasteiger partial charge in [0, 0.05) is 4.47 Å². The number of halogens is 4. The van der Waals surface area contributed by atoms with Crippen molar-refractivity contribution in [2.24, 2.45) is 0 Å². The molecule has 3 nitrogen and oxygen atoms in total. The SMILES string of the molecule is COC(=O)Cc1ccc(C#N)c(Br)c1C(F)(F)F. The van der Waals surface area contributed by atoms with Gasteiger partial charge in [-0.15, -0.1) is 0 Å². The molecule has 0 N–H and O–H groups in total. The third-order valence-corrected chi connectivity index (χ3v) is 3.02. The molecule has 0 heterocycles. The van der Waals surface area contributed by atoms with Crippen molar-refractivity contribution in [2.75, 3.05) is 7.11 Å². The maximum Gasteiger partial charge on any atom is 0.417 e. The first-order valence-electron chi connectivity index (χ1n) is 4.66. The van der Waals surface area contributed by atoms with Gasteiger partial charge in [-0.05, 0) is 27.6 Å². The molecule has 0 bridgehead atoms. The molecular weight excluding hydrogens is 315 g/mol. The number of carbonyl (C=O) groups excluding carboxylic acids is 1. The highest BCUT2D eigenvalue weighted by molar-refractivity contribution is 9.10. The highest BCUT2D eigenvalue weighted by atomic mass is 79.9. The van der Waals surface area contributed by atoms with Gasteiger partial charge in [-0.25, -0.2) is 0 Å². The summed E-state index contributed by atoms with van der Waals surface area (Å²) in [5.74, 6) is -0.780. The van der Waals surface area contributed by atoms with E-state index in [1.54, 1.807) is 6.07 Å². The molecule has 0 aromatic heterocycles. The number of rotatable bonds is 2. The molecule has 0 radical (unpaired) electrons. The van der Waals surface area contributed by atoms with Crippen LogP contribution in [0.5, 0.6) is 0 Å². The van der Waals surface area contributed by atoms with E-state index in [9.17, 15) is 18.0 Å². The number of esters is 1. The molecule has 1 rings (SSSR count). The highest BCUT2D eigenvalue weighted by Crippen LogP contribution is 2.39. The summed E-state index contributed by atoms with van der Waals surface area (Å²) in [5, 5.41) is 8.69. The van der Waals surface area contributed by atoms with E-state index in [-0.39, 0.29) is 15.6 Å². The minimum absolute atomic E-state index is 0.143. The van der Waals surface area contributed by atoms with Crippen molar-refractivity contribution in [1.29, 1.82) is 5.26 Å². The minimum atomic E-state index is -4.66. The zero-order chi connectivity index (χ0) is 13.9. The van der Waals surface area contributed by atoms with E-state index in [2.05, 4.69) is 20.7 Å². The normalized spacial score (nSPS) is 10.9. The summed E-state index contributed by atoms with van der Waals surface area (Å²) in [5.41, 5.74) is -1.40. The first kappa shape index (κ1) is 14.5. The second-order valence-electron chi connectivity index (χ2n) is 3.32. The number of hydrogen-bond donors (Lipinski definition) is 0. The fourth-order valence-electron chi connectivity index (χ4n) is 1.38. The largest absolute Gasteiger partial charge is 0.469 e. The van der Waals surface area contributed by atoms with Crippen molar-refractivity contribution in [3.05, 3.63) is 33.3 Å². The quantitative estimate of drug-likeness (QED) is 0.787. The number of alkyl halides is 3. The lowest BCUT2D eigenvalue weighted by Crippen LogP contribution is -2.15. The van der Waals surface area contributed by atoms with Crippen LogP contribution in [0.2, 0.25) is 0 Å². The monoisotopic (exact) mass is 321 g/mol. The van der Waals surface area contributed by atoms with Crippen molar-refractivity contribution in [1.82, 2.24) is 0 Å². The smallest absolute Gasteiger partial charge is 0.417 e. The first-order chi connectivity index (χ1) is 8.31. The standard InChI is InChI=1S/C11H7BrF3NO2/c1-18-8(17)4-6-2-3-7(5-16)10(12)9(6)11(13,14)15/h2-3H,4H2,1H3. The van der Waals surface area contributed by atoms with E-state index < -0.39 is 24.1 Å². The Morgan fingerprint density at radius 1 is 1.50 bits per heavy atom. The Kier molecular flexibility index (Phi) is 4.35. The van der Waals surface area contributed by atoms with E-state index in [1.165, 1.54) is 6.07 Å². The molecule has 0 spiro atoms.